The van der Waals surface area contributed by atoms with Gasteiger partial charge in [0.15, 0.2) is 0 Å². The van der Waals surface area contributed by atoms with Gasteiger partial charge in [-0.25, -0.2) is 0 Å². The van der Waals surface area contributed by atoms with E-state index in [0.717, 1.165) is 77.8 Å². The maximum atomic E-state index is 10.4. The van der Waals surface area contributed by atoms with Gasteiger partial charge in [0.25, 0.3) is 0 Å². The number of hydrogen-bond acceptors (Lipinski definition) is 9. The molecule has 2 fully saturated rings. The van der Waals surface area contributed by atoms with E-state index in [2.05, 4.69) is 45.9 Å². The van der Waals surface area contributed by atoms with Crippen molar-refractivity contribution >= 4 is 18.0 Å². The summed E-state index contributed by atoms with van der Waals surface area (Å²) in [5, 5.41) is 30.5. The van der Waals surface area contributed by atoms with E-state index in [-0.39, 0.29) is 18.3 Å². The van der Waals surface area contributed by atoms with Crippen LogP contribution in [0.3, 0.4) is 0 Å². The van der Waals surface area contributed by atoms with Crippen molar-refractivity contribution in [1.29, 1.82) is 0 Å². The van der Waals surface area contributed by atoms with Crippen molar-refractivity contribution in [2.45, 2.75) is 70.3 Å². The van der Waals surface area contributed by atoms with E-state index in [0.29, 0.717) is 19.7 Å². The molecule has 4 rings (SSSR count). The largest absolute Gasteiger partial charge is 0.381 e. The fraction of sp³-hybridized carbons (Fsp3) is 0.679. The monoisotopic (exact) mass is 514 g/mol. The number of fused-ring (bicyclic) bond motifs is 1. The fourth-order valence-electron chi connectivity index (χ4n) is 5.55. The molecule has 0 radical (unpaired) electrons. The van der Waals surface area contributed by atoms with Gasteiger partial charge in [-0.1, -0.05) is 43.2 Å². The number of benzene rings is 1. The number of rotatable bonds is 13. The molecule has 0 spiro atoms. The smallest absolute Gasteiger partial charge is 0.126 e. The third kappa shape index (κ3) is 8.32. The van der Waals surface area contributed by atoms with Gasteiger partial charge < -0.3 is 20.5 Å². The van der Waals surface area contributed by atoms with E-state index in [1.54, 1.807) is 0 Å². The van der Waals surface area contributed by atoms with Gasteiger partial charge in [-0.05, 0) is 43.7 Å². The second-order valence-electron chi connectivity index (χ2n) is 10.3. The van der Waals surface area contributed by atoms with Crippen LogP contribution in [0.5, 0.6) is 0 Å². The Kier molecular flexibility index (Phi) is 11.4. The minimum absolute atomic E-state index is 0.0131. The molecular weight excluding hydrogens is 468 g/mol. The van der Waals surface area contributed by atoms with Crippen LogP contribution in [0.1, 0.15) is 56.6 Å². The van der Waals surface area contributed by atoms with Gasteiger partial charge in [0.2, 0.25) is 0 Å². The Morgan fingerprint density at radius 2 is 2.00 bits per heavy atom. The summed E-state index contributed by atoms with van der Waals surface area (Å²) in [6, 6.07) is 6.50. The van der Waals surface area contributed by atoms with Crippen molar-refractivity contribution < 1.29 is 15.2 Å². The van der Waals surface area contributed by atoms with Gasteiger partial charge >= 0.3 is 0 Å². The Morgan fingerprint density at radius 1 is 1.16 bits per heavy atom. The molecule has 9 heteroatoms. The van der Waals surface area contributed by atoms with Gasteiger partial charge in [-0.3, -0.25) is 15.2 Å². The van der Waals surface area contributed by atoms with E-state index in [4.69, 9.17) is 9.73 Å². The Labute approximate surface area is 222 Å². The minimum Gasteiger partial charge on any atom is -0.381 e. The molecule has 1 aromatic carbocycles. The SMILES string of the molecule is CCOC(NCCN(CCN=CC1CCCCN1O)Cc1cccc2c1NCC=C2)C1CCCCN1O. The van der Waals surface area contributed by atoms with Crippen LogP contribution in [0.4, 0.5) is 5.69 Å². The van der Waals surface area contributed by atoms with Crippen molar-refractivity contribution in [1.82, 2.24) is 20.3 Å². The molecule has 3 atom stereocenters. The maximum absolute atomic E-state index is 10.4. The van der Waals surface area contributed by atoms with Crippen LogP contribution >= 0.6 is 0 Å². The number of nitrogens with zero attached hydrogens (tertiary/aromatic N) is 4. The topological polar surface area (TPSA) is 95.8 Å². The lowest BCUT2D eigenvalue weighted by Gasteiger charge is -2.36. The number of hydrogen-bond donors (Lipinski definition) is 4. The first-order valence-electron chi connectivity index (χ1n) is 14.2. The number of para-hydroxylation sites is 1. The average molecular weight is 515 g/mol. The standard InChI is InChI=1S/C28H46N6O3/c1-2-37-28(26-13-4-6-18-34(26)36)31-16-20-32(19-15-29-21-25-12-3-5-17-33(25)35)22-24-10-7-9-23-11-8-14-30-27(23)24/h7-11,21,25-26,28,30-31,35-36H,2-6,12-20,22H2,1H3. The number of ether oxygens (including phenoxy) is 1. The van der Waals surface area contributed by atoms with Crippen molar-refractivity contribution in [3.63, 3.8) is 0 Å². The predicted molar refractivity (Wildman–Crippen MR) is 148 cm³/mol. The second kappa shape index (κ2) is 14.9. The highest BCUT2D eigenvalue weighted by Gasteiger charge is 2.29. The molecule has 37 heavy (non-hydrogen) atoms. The molecule has 0 bridgehead atoms. The molecule has 206 valence electrons. The van der Waals surface area contributed by atoms with E-state index >= 15 is 0 Å². The van der Waals surface area contributed by atoms with Crippen LogP contribution in [0, 0.1) is 0 Å². The predicted octanol–water partition coefficient (Wildman–Crippen LogP) is 3.44. The maximum Gasteiger partial charge on any atom is 0.126 e. The Bertz CT molecular complexity index is 881. The van der Waals surface area contributed by atoms with E-state index < -0.39 is 0 Å². The molecule has 0 aromatic heterocycles. The van der Waals surface area contributed by atoms with Crippen LogP contribution < -0.4 is 10.6 Å². The number of anilines is 1. The molecule has 3 heterocycles. The van der Waals surface area contributed by atoms with Crippen LogP contribution in [0.15, 0.2) is 29.3 Å². The molecule has 4 N–H and O–H groups in total. The summed E-state index contributed by atoms with van der Waals surface area (Å²) in [4.78, 5) is 7.12. The summed E-state index contributed by atoms with van der Waals surface area (Å²) in [5.41, 5.74) is 3.74. The van der Waals surface area contributed by atoms with Gasteiger partial charge in [0.05, 0.1) is 18.6 Å². The molecule has 1 aromatic rings. The first-order chi connectivity index (χ1) is 18.2. The van der Waals surface area contributed by atoms with Crippen LogP contribution in [0.2, 0.25) is 0 Å². The summed E-state index contributed by atoms with van der Waals surface area (Å²) in [6.45, 7) is 8.83. The number of nitrogens with one attached hydrogen (secondary N) is 2. The Balaban J connectivity index is 1.37. The zero-order valence-electron chi connectivity index (χ0n) is 22.4. The molecule has 9 nitrogen and oxygen atoms in total. The lowest BCUT2D eigenvalue weighted by Crippen LogP contribution is -2.53. The normalized spacial score (nSPS) is 23.9. The van der Waals surface area contributed by atoms with Gasteiger partial charge in [-0.2, -0.15) is 10.1 Å². The van der Waals surface area contributed by atoms with Crippen molar-refractivity contribution in [2.75, 3.05) is 57.7 Å². The summed E-state index contributed by atoms with van der Waals surface area (Å²) < 4.78 is 6.00. The third-order valence-corrected chi connectivity index (χ3v) is 7.60. The highest BCUT2D eigenvalue weighted by molar-refractivity contribution is 5.72. The Morgan fingerprint density at radius 3 is 2.81 bits per heavy atom. The van der Waals surface area contributed by atoms with Gasteiger partial charge in [0, 0.05) is 64.3 Å². The van der Waals surface area contributed by atoms with E-state index in [1.165, 1.54) is 26.9 Å². The fourth-order valence-corrected chi connectivity index (χ4v) is 5.55. The third-order valence-electron chi connectivity index (χ3n) is 7.60. The summed E-state index contributed by atoms with van der Waals surface area (Å²) in [5.74, 6) is 0. The van der Waals surface area contributed by atoms with Crippen molar-refractivity contribution in [3.05, 3.63) is 35.4 Å². The van der Waals surface area contributed by atoms with Gasteiger partial charge in [-0.15, -0.1) is 0 Å². The second-order valence-corrected chi connectivity index (χ2v) is 10.3. The quantitative estimate of drug-likeness (QED) is 0.235. The van der Waals surface area contributed by atoms with Crippen molar-refractivity contribution in [3.8, 4) is 0 Å². The minimum atomic E-state index is -0.187. The summed E-state index contributed by atoms with van der Waals surface area (Å²) in [6.07, 6.45) is 12.3. The lowest BCUT2D eigenvalue weighted by molar-refractivity contribution is -0.183. The summed E-state index contributed by atoms with van der Waals surface area (Å²) >= 11 is 0. The molecule has 0 saturated carbocycles. The van der Waals surface area contributed by atoms with E-state index in [1.807, 2.05) is 13.1 Å². The van der Waals surface area contributed by atoms with Crippen molar-refractivity contribution in [2.24, 2.45) is 4.99 Å². The van der Waals surface area contributed by atoms with E-state index in [9.17, 15) is 10.4 Å². The molecule has 3 aliphatic rings. The average Bonchev–Trinajstić information content (AvgIpc) is 2.92. The lowest BCUT2D eigenvalue weighted by atomic mass is 10.0. The zero-order chi connectivity index (χ0) is 25.9. The molecule has 3 aliphatic heterocycles. The molecule has 0 aliphatic carbocycles. The number of piperidine rings is 2. The van der Waals surface area contributed by atoms with Gasteiger partial charge in [0.1, 0.15) is 6.23 Å². The van der Waals surface area contributed by atoms with Crippen LogP contribution in [-0.4, -0.2) is 102 Å². The highest BCUT2D eigenvalue weighted by atomic mass is 16.5. The van der Waals surface area contributed by atoms with Crippen LogP contribution in [-0.2, 0) is 11.3 Å². The zero-order valence-corrected chi connectivity index (χ0v) is 22.4. The number of hydroxylamine groups is 4. The molecule has 2 saturated heterocycles. The highest BCUT2D eigenvalue weighted by Crippen LogP contribution is 2.26. The first-order valence-corrected chi connectivity index (χ1v) is 14.2. The molecule has 3 unspecified atom stereocenters. The Hall–Kier alpha value is -1.85. The molecule has 0 amide bonds. The number of aliphatic imine (C=N–C) groups is 1. The summed E-state index contributed by atoms with van der Waals surface area (Å²) in [7, 11) is 0. The molecular formula is C28H46N6O3. The first kappa shape index (κ1) is 28.2. The van der Waals surface area contributed by atoms with Crippen LogP contribution in [0.25, 0.3) is 6.08 Å².